The van der Waals surface area contributed by atoms with Crippen molar-refractivity contribution in [2.45, 2.75) is 24.8 Å². The normalized spacial score (nSPS) is 17.2. The van der Waals surface area contributed by atoms with Crippen LogP contribution in [-0.4, -0.2) is 53.5 Å². The summed E-state index contributed by atoms with van der Waals surface area (Å²) in [5, 5.41) is 13.2. The van der Waals surface area contributed by atoms with Gasteiger partial charge >= 0.3 is 0 Å². The molecule has 0 spiro atoms. The van der Waals surface area contributed by atoms with Crippen molar-refractivity contribution in [3.63, 3.8) is 0 Å². The molecule has 1 saturated carbocycles. The lowest BCUT2D eigenvalue weighted by Gasteiger charge is -2.33. The maximum atomic E-state index is 13.1. The van der Waals surface area contributed by atoms with Crippen LogP contribution in [0.5, 0.6) is 5.75 Å². The number of nitrogens with zero attached hydrogens (tertiary/aromatic N) is 1. The minimum Gasteiger partial charge on any atom is -0.506 e. The van der Waals surface area contributed by atoms with Crippen molar-refractivity contribution in [3.8, 4) is 16.9 Å². The molecule has 0 bridgehead atoms. The number of anilines is 1. The van der Waals surface area contributed by atoms with E-state index in [-0.39, 0.29) is 29.5 Å². The molecule has 5 rings (SSSR count). The molecular weight excluding hydrogens is 428 g/mol. The molecular formula is C28H28N2O4. The predicted molar refractivity (Wildman–Crippen MR) is 131 cm³/mol. The van der Waals surface area contributed by atoms with Crippen LogP contribution in [0.1, 0.15) is 28.8 Å². The molecule has 3 aromatic carbocycles. The number of Topliss-reactive ketones (excluding diaryl/α,β-unsaturated/α-hetero) is 1. The molecule has 1 aliphatic heterocycles. The van der Waals surface area contributed by atoms with E-state index in [0.717, 1.165) is 42.6 Å². The van der Waals surface area contributed by atoms with Gasteiger partial charge in [0.25, 0.3) is 0 Å². The maximum absolute atomic E-state index is 13.1. The fraction of sp³-hybridized carbons (Fsp3) is 0.286. The lowest BCUT2D eigenvalue weighted by Crippen LogP contribution is -2.51. The third-order valence-electron chi connectivity index (χ3n) is 6.76. The molecule has 6 nitrogen and oxygen atoms in total. The van der Waals surface area contributed by atoms with Crippen LogP contribution in [0.3, 0.4) is 0 Å². The zero-order valence-electron chi connectivity index (χ0n) is 19.0. The first-order chi connectivity index (χ1) is 16.5. The molecule has 0 atom stereocenters. The van der Waals surface area contributed by atoms with Crippen molar-refractivity contribution in [2.24, 2.45) is 0 Å². The second kappa shape index (κ2) is 9.41. The van der Waals surface area contributed by atoms with Crippen molar-refractivity contribution in [2.75, 3.05) is 31.6 Å². The number of rotatable bonds is 7. The van der Waals surface area contributed by atoms with Crippen LogP contribution < -0.4 is 5.32 Å². The molecule has 3 aromatic rings. The average molecular weight is 457 g/mol. The number of benzene rings is 3. The summed E-state index contributed by atoms with van der Waals surface area (Å²) >= 11 is 0. The topological polar surface area (TPSA) is 78.9 Å². The Hall–Kier alpha value is -3.48. The van der Waals surface area contributed by atoms with Gasteiger partial charge in [-0.05, 0) is 47.7 Å². The summed E-state index contributed by atoms with van der Waals surface area (Å²) in [5.41, 5.74) is 3.33. The average Bonchev–Trinajstić information content (AvgIpc) is 3.69. The summed E-state index contributed by atoms with van der Waals surface area (Å²) in [6.07, 6.45) is 1.82. The Morgan fingerprint density at radius 3 is 2.26 bits per heavy atom. The second-order valence-corrected chi connectivity index (χ2v) is 8.98. The van der Waals surface area contributed by atoms with E-state index >= 15 is 0 Å². The van der Waals surface area contributed by atoms with Crippen LogP contribution >= 0.6 is 0 Å². The van der Waals surface area contributed by atoms with Crippen molar-refractivity contribution in [1.82, 2.24) is 4.90 Å². The molecule has 0 radical (unpaired) electrons. The van der Waals surface area contributed by atoms with Crippen LogP contribution in [0.4, 0.5) is 5.69 Å². The molecule has 6 heteroatoms. The monoisotopic (exact) mass is 456 g/mol. The van der Waals surface area contributed by atoms with Crippen molar-refractivity contribution in [1.29, 1.82) is 0 Å². The summed E-state index contributed by atoms with van der Waals surface area (Å²) in [5.74, 6) is -0.252. The Balaban J connectivity index is 1.27. The second-order valence-electron chi connectivity index (χ2n) is 8.98. The Kier molecular flexibility index (Phi) is 6.18. The molecule has 1 saturated heterocycles. The Morgan fingerprint density at radius 2 is 1.59 bits per heavy atom. The largest absolute Gasteiger partial charge is 0.506 e. The van der Waals surface area contributed by atoms with Gasteiger partial charge in [0.2, 0.25) is 5.91 Å². The smallest absolute Gasteiger partial charge is 0.245 e. The third-order valence-corrected chi connectivity index (χ3v) is 6.76. The van der Waals surface area contributed by atoms with Gasteiger partial charge in [0, 0.05) is 25.1 Å². The first-order valence-corrected chi connectivity index (χ1v) is 11.7. The molecule has 2 fully saturated rings. The molecule has 34 heavy (non-hydrogen) atoms. The fourth-order valence-electron chi connectivity index (χ4n) is 4.58. The van der Waals surface area contributed by atoms with Crippen LogP contribution in [0.15, 0.2) is 72.8 Å². The number of amides is 1. The van der Waals surface area contributed by atoms with Crippen molar-refractivity contribution < 1.29 is 19.4 Å². The fourth-order valence-corrected chi connectivity index (χ4v) is 4.58. The zero-order chi connectivity index (χ0) is 23.5. The van der Waals surface area contributed by atoms with Gasteiger partial charge in [-0.2, -0.15) is 0 Å². The summed E-state index contributed by atoms with van der Waals surface area (Å²) in [4.78, 5) is 28.2. The first-order valence-electron chi connectivity index (χ1n) is 11.7. The third kappa shape index (κ3) is 4.60. The van der Waals surface area contributed by atoms with E-state index in [1.165, 1.54) is 6.07 Å². The van der Waals surface area contributed by atoms with Gasteiger partial charge in [-0.1, -0.05) is 54.6 Å². The highest BCUT2D eigenvalue weighted by Gasteiger charge is 2.54. The standard InChI is InChI=1S/C28H28N2O4/c31-25-11-10-23(19-24(25)29-27(33)28(12-13-28)30-14-16-34-17-15-30)26(32)18-20-6-8-22(9-7-20)21-4-2-1-3-5-21/h1-11,19,31H,12-18H2,(H,29,33). The lowest BCUT2D eigenvalue weighted by atomic mass is 9.99. The van der Waals surface area contributed by atoms with E-state index in [0.29, 0.717) is 18.8 Å². The van der Waals surface area contributed by atoms with E-state index in [9.17, 15) is 14.7 Å². The number of hydrogen-bond acceptors (Lipinski definition) is 5. The Morgan fingerprint density at radius 1 is 0.912 bits per heavy atom. The molecule has 0 aromatic heterocycles. The Labute approximate surface area is 199 Å². The van der Waals surface area contributed by atoms with Crippen molar-refractivity contribution >= 4 is 17.4 Å². The van der Waals surface area contributed by atoms with Gasteiger partial charge < -0.3 is 15.2 Å². The zero-order valence-corrected chi connectivity index (χ0v) is 19.0. The number of hydrogen-bond donors (Lipinski definition) is 2. The summed E-state index contributed by atoms with van der Waals surface area (Å²) in [7, 11) is 0. The Bertz CT molecular complexity index is 1180. The molecule has 1 aliphatic carbocycles. The van der Waals surface area contributed by atoms with E-state index in [1.54, 1.807) is 12.1 Å². The van der Waals surface area contributed by atoms with Gasteiger partial charge in [-0.25, -0.2) is 0 Å². The van der Waals surface area contributed by atoms with E-state index in [1.807, 2.05) is 42.5 Å². The highest BCUT2D eigenvalue weighted by molar-refractivity contribution is 6.03. The SMILES string of the molecule is O=C(Cc1ccc(-c2ccccc2)cc1)c1ccc(O)c(NC(=O)C2(N3CCOCC3)CC2)c1. The van der Waals surface area contributed by atoms with Crippen LogP contribution in [-0.2, 0) is 16.0 Å². The molecule has 0 unspecified atom stereocenters. The molecule has 1 amide bonds. The quantitative estimate of drug-likeness (QED) is 0.410. The number of ketones is 1. The van der Waals surface area contributed by atoms with Crippen LogP contribution in [0.2, 0.25) is 0 Å². The summed E-state index contributed by atoms with van der Waals surface area (Å²) in [6.45, 7) is 2.69. The predicted octanol–water partition coefficient (Wildman–Crippen LogP) is 4.29. The van der Waals surface area contributed by atoms with Gasteiger partial charge in [0.15, 0.2) is 5.78 Å². The van der Waals surface area contributed by atoms with E-state index < -0.39 is 5.54 Å². The van der Waals surface area contributed by atoms with E-state index in [4.69, 9.17) is 4.74 Å². The maximum Gasteiger partial charge on any atom is 0.245 e. The number of morpholine rings is 1. The minimum absolute atomic E-state index is 0.0464. The van der Waals surface area contributed by atoms with Gasteiger partial charge in [0.05, 0.1) is 18.9 Å². The molecule has 2 aliphatic rings. The first kappa shape index (κ1) is 22.3. The summed E-state index contributed by atoms with van der Waals surface area (Å²) < 4.78 is 5.41. The molecule has 174 valence electrons. The highest BCUT2D eigenvalue weighted by Crippen LogP contribution is 2.43. The van der Waals surface area contributed by atoms with Crippen molar-refractivity contribution in [3.05, 3.63) is 83.9 Å². The minimum atomic E-state index is -0.531. The lowest BCUT2D eigenvalue weighted by molar-refractivity contribution is -0.124. The number of phenols is 1. The molecule has 1 heterocycles. The van der Waals surface area contributed by atoms with Gasteiger partial charge in [-0.3, -0.25) is 14.5 Å². The van der Waals surface area contributed by atoms with Crippen LogP contribution in [0, 0.1) is 0 Å². The number of carbonyl (C=O) groups excluding carboxylic acids is 2. The molecule has 2 N–H and O–H groups in total. The van der Waals surface area contributed by atoms with Crippen LogP contribution in [0.25, 0.3) is 11.1 Å². The van der Waals surface area contributed by atoms with Gasteiger partial charge in [-0.15, -0.1) is 0 Å². The number of carbonyl (C=O) groups is 2. The summed E-state index contributed by atoms with van der Waals surface area (Å²) in [6, 6.07) is 22.7. The number of nitrogens with one attached hydrogen (secondary N) is 1. The van der Waals surface area contributed by atoms with E-state index in [2.05, 4.69) is 22.3 Å². The number of aromatic hydroxyl groups is 1. The number of ether oxygens (including phenoxy) is 1. The number of phenolic OH excluding ortho intramolecular Hbond substituents is 1. The highest BCUT2D eigenvalue weighted by atomic mass is 16.5. The van der Waals surface area contributed by atoms with Gasteiger partial charge in [0.1, 0.15) is 11.3 Å².